The van der Waals surface area contributed by atoms with Crippen molar-refractivity contribution in [1.29, 1.82) is 0 Å². The minimum Gasteiger partial charge on any atom is -0.355 e. The van der Waals surface area contributed by atoms with Gasteiger partial charge in [0.05, 0.1) is 6.54 Å². The molecule has 1 unspecified atom stereocenters. The summed E-state index contributed by atoms with van der Waals surface area (Å²) in [5.41, 5.74) is 1.31. The van der Waals surface area contributed by atoms with Gasteiger partial charge in [-0.15, -0.1) is 0 Å². The Morgan fingerprint density at radius 2 is 1.94 bits per heavy atom. The molecule has 0 aliphatic rings. The zero-order valence-electron chi connectivity index (χ0n) is 10.7. The van der Waals surface area contributed by atoms with E-state index in [1.54, 1.807) is 0 Å². The first kappa shape index (κ1) is 13.7. The van der Waals surface area contributed by atoms with Gasteiger partial charge in [0.15, 0.2) is 0 Å². The molecule has 1 aromatic carbocycles. The lowest BCUT2D eigenvalue weighted by Crippen LogP contribution is -2.39. The van der Waals surface area contributed by atoms with Gasteiger partial charge in [0.2, 0.25) is 5.91 Å². The molecule has 1 rings (SSSR count). The van der Waals surface area contributed by atoms with E-state index in [1.807, 2.05) is 25.1 Å². The molecule has 3 nitrogen and oxygen atoms in total. The summed E-state index contributed by atoms with van der Waals surface area (Å²) in [6, 6.07) is 10.7. The third kappa shape index (κ3) is 5.50. The van der Waals surface area contributed by atoms with Crippen molar-refractivity contribution >= 4 is 5.91 Å². The number of hydrogen-bond donors (Lipinski definition) is 2. The Balaban J connectivity index is 2.36. The lowest BCUT2D eigenvalue weighted by molar-refractivity contribution is -0.120. The predicted molar refractivity (Wildman–Crippen MR) is 70.9 cm³/mol. The van der Waals surface area contributed by atoms with Crippen molar-refractivity contribution in [2.75, 3.05) is 13.1 Å². The van der Waals surface area contributed by atoms with Crippen LogP contribution in [0.4, 0.5) is 0 Å². The van der Waals surface area contributed by atoms with Crippen molar-refractivity contribution in [3.63, 3.8) is 0 Å². The topological polar surface area (TPSA) is 41.1 Å². The van der Waals surface area contributed by atoms with Gasteiger partial charge in [-0.1, -0.05) is 37.3 Å². The molecule has 0 spiro atoms. The van der Waals surface area contributed by atoms with E-state index in [4.69, 9.17) is 0 Å². The summed E-state index contributed by atoms with van der Waals surface area (Å²) in [5, 5.41) is 6.08. The molecule has 17 heavy (non-hydrogen) atoms. The minimum atomic E-state index is 0.0685. The normalized spacial score (nSPS) is 12.1. The average molecular weight is 234 g/mol. The van der Waals surface area contributed by atoms with Gasteiger partial charge in [0.25, 0.3) is 0 Å². The minimum absolute atomic E-state index is 0.0685. The second-order valence-electron chi connectivity index (χ2n) is 4.13. The number of benzene rings is 1. The molecule has 0 aliphatic heterocycles. The van der Waals surface area contributed by atoms with Gasteiger partial charge in [-0.3, -0.25) is 4.79 Å². The van der Waals surface area contributed by atoms with Crippen molar-refractivity contribution in [3.05, 3.63) is 35.9 Å². The molecule has 0 saturated carbocycles. The first-order chi connectivity index (χ1) is 8.26. The van der Waals surface area contributed by atoms with Crippen LogP contribution < -0.4 is 10.6 Å². The number of hydrogen-bond acceptors (Lipinski definition) is 2. The Kier molecular flexibility index (Phi) is 6.33. The van der Waals surface area contributed by atoms with Crippen LogP contribution in [0.25, 0.3) is 0 Å². The van der Waals surface area contributed by atoms with E-state index in [0.29, 0.717) is 19.1 Å². The second-order valence-corrected chi connectivity index (χ2v) is 4.13. The van der Waals surface area contributed by atoms with Crippen LogP contribution >= 0.6 is 0 Å². The summed E-state index contributed by atoms with van der Waals surface area (Å²) in [6.45, 7) is 5.16. The number of carbonyl (C=O) groups is 1. The Hall–Kier alpha value is -1.35. The molecule has 0 bridgehead atoms. The number of amides is 1. The molecular weight excluding hydrogens is 212 g/mol. The summed E-state index contributed by atoms with van der Waals surface area (Å²) in [7, 11) is 0. The van der Waals surface area contributed by atoms with Crippen LogP contribution in [0.5, 0.6) is 0 Å². The average Bonchev–Trinajstić information content (AvgIpc) is 2.36. The van der Waals surface area contributed by atoms with Crippen molar-refractivity contribution in [3.8, 4) is 0 Å². The van der Waals surface area contributed by atoms with Crippen LogP contribution in [0.15, 0.2) is 30.3 Å². The monoisotopic (exact) mass is 234 g/mol. The highest BCUT2D eigenvalue weighted by Crippen LogP contribution is 2.05. The molecule has 0 aromatic heterocycles. The summed E-state index contributed by atoms with van der Waals surface area (Å²) in [6.07, 6.45) is 1.99. The van der Waals surface area contributed by atoms with Gasteiger partial charge < -0.3 is 10.6 Å². The molecule has 0 aliphatic carbocycles. The highest BCUT2D eigenvalue weighted by Gasteiger charge is 2.08. The van der Waals surface area contributed by atoms with Crippen LogP contribution in [-0.2, 0) is 11.2 Å². The Labute approximate surface area is 104 Å². The Morgan fingerprint density at radius 1 is 1.24 bits per heavy atom. The van der Waals surface area contributed by atoms with Gasteiger partial charge in [-0.05, 0) is 25.3 Å². The zero-order valence-corrected chi connectivity index (χ0v) is 10.7. The van der Waals surface area contributed by atoms with Crippen molar-refractivity contribution < 1.29 is 4.79 Å². The summed E-state index contributed by atoms with van der Waals surface area (Å²) < 4.78 is 0. The third-order valence-electron chi connectivity index (χ3n) is 2.74. The molecule has 0 fully saturated rings. The van der Waals surface area contributed by atoms with Crippen LogP contribution in [-0.4, -0.2) is 25.0 Å². The molecule has 1 aromatic rings. The van der Waals surface area contributed by atoms with E-state index >= 15 is 0 Å². The summed E-state index contributed by atoms with van der Waals surface area (Å²) >= 11 is 0. The fraction of sp³-hybridized carbons (Fsp3) is 0.500. The summed E-state index contributed by atoms with van der Waals surface area (Å²) in [5.74, 6) is 0.0685. The second kappa shape index (κ2) is 7.85. The first-order valence-corrected chi connectivity index (χ1v) is 6.30. The van der Waals surface area contributed by atoms with Gasteiger partial charge >= 0.3 is 0 Å². The predicted octanol–water partition coefficient (Wildman–Crippen LogP) is 1.73. The van der Waals surface area contributed by atoms with Crippen LogP contribution in [0, 0.1) is 0 Å². The maximum absolute atomic E-state index is 11.3. The van der Waals surface area contributed by atoms with Crippen LogP contribution in [0.2, 0.25) is 0 Å². The fourth-order valence-corrected chi connectivity index (χ4v) is 1.76. The first-order valence-electron chi connectivity index (χ1n) is 6.30. The highest BCUT2D eigenvalue weighted by molar-refractivity contribution is 5.77. The van der Waals surface area contributed by atoms with E-state index in [-0.39, 0.29) is 5.91 Å². The van der Waals surface area contributed by atoms with Crippen molar-refractivity contribution in [2.24, 2.45) is 0 Å². The quantitative estimate of drug-likeness (QED) is 0.754. The molecular formula is C14H22N2O. The van der Waals surface area contributed by atoms with Gasteiger partial charge in [-0.2, -0.15) is 0 Å². The SMILES string of the molecule is CCNC(=O)CNC(CC)Cc1ccccc1. The molecule has 1 amide bonds. The number of carbonyl (C=O) groups excluding carboxylic acids is 1. The maximum Gasteiger partial charge on any atom is 0.233 e. The van der Waals surface area contributed by atoms with E-state index in [9.17, 15) is 4.79 Å². The number of likely N-dealkylation sites (N-methyl/N-ethyl adjacent to an activating group) is 1. The van der Waals surface area contributed by atoms with Gasteiger partial charge in [-0.25, -0.2) is 0 Å². The lowest BCUT2D eigenvalue weighted by atomic mass is 10.0. The van der Waals surface area contributed by atoms with E-state index in [0.717, 1.165) is 12.8 Å². The largest absolute Gasteiger partial charge is 0.355 e. The molecule has 2 N–H and O–H groups in total. The van der Waals surface area contributed by atoms with Crippen LogP contribution in [0.3, 0.4) is 0 Å². The summed E-state index contributed by atoms with van der Waals surface area (Å²) in [4.78, 5) is 11.3. The molecule has 3 heteroatoms. The standard InChI is InChI=1S/C14H22N2O/c1-3-13(16-11-14(17)15-4-2)10-12-8-6-5-7-9-12/h5-9,13,16H,3-4,10-11H2,1-2H3,(H,15,17). The number of rotatable bonds is 7. The lowest BCUT2D eigenvalue weighted by Gasteiger charge is -2.16. The smallest absolute Gasteiger partial charge is 0.233 e. The van der Waals surface area contributed by atoms with Crippen molar-refractivity contribution in [2.45, 2.75) is 32.7 Å². The van der Waals surface area contributed by atoms with Gasteiger partial charge in [0, 0.05) is 12.6 Å². The van der Waals surface area contributed by atoms with Crippen LogP contribution in [0.1, 0.15) is 25.8 Å². The van der Waals surface area contributed by atoms with E-state index in [2.05, 4.69) is 29.7 Å². The molecule has 94 valence electrons. The molecule has 1 atom stereocenters. The van der Waals surface area contributed by atoms with E-state index in [1.165, 1.54) is 5.56 Å². The maximum atomic E-state index is 11.3. The molecule has 0 radical (unpaired) electrons. The molecule has 0 heterocycles. The Bertz CT molecular complexity index is 324. The molecule has 0 saturated heterocycles. The van der Waals surface area contributed by atoms with E-state index < -0.39 is 0 Å². The fourth-order valence-electron chi connectivity index (χ4n) is 1.76. The van der Waals surface area contributed by atoms with Crippen molar-refractivity contribution in [1.82, 2.24) is 10.6 Å². The highest BCUT2D eigenvalue weighted by atomic mass is 16.1. The number of nitrogens with one attached hydrogen (secondary N) is 2. The third-order valence-corrected chi connectivity index (χ3v) is 2.74. The zero-order chi connectivity index (χ0) is 12.5. The van der Waals surface area contributed by atoms with Gasteiger partial charge in [0.1, 0.15) is 0 Å². The Morgan fingerprint density at radius 3 is 2.53 bits per heavy atom.